The molecule has 0 amide bonds. The Balaban J connectivity index is 1.10. The molecule has 0 bridgehead atoms. The first-order valence-corrected chi connectivity index (χ1v) is 22.5. The van der Waals surface area contributed by atoms with E-state index in [1.165, 1.54) is 74.4 Å². The Morgan fingerprint density at radius 3 is 1.78 bits per heavy atom. The van der Waals surface area contributed by atoms with Crippen LogP contribution in [0.2, 0.25) is 0 Å². The van der Waals surface area contributed by atoms with Gasteiger partial charge in [-0.25, -0.2) is 4.98 Å². The maximum absolute atomic E-state index is 5.16. The molecule has 5 heteroatoms. The molecule has 3 heterocycles. The summed E-state index contributed by atoms with van der Waals surface area (Å²) >= 11 is 3.69. The van der Waals surface area contributed by atoms with Gasteiger partial charge in [0, 0.05) is 25.9 Å². The number of para-hydroxylation sites is 1. The normalized spacial score (nSPS) is 12.6. The van der Waals surface area contributed by atoms with Crippen molar-refractivity contribution in [1.29, 1.82) is 0 Å². The highest BCUT2D eigenvalue weighted by atomic mass is 32.2. The average molecular weight is 755 g/mol. The van der Waals surface area contributed by atoms with E-state index in [-0.39, 0.29) is 0 Å². The highest BCUT2D eigenvalue weighted by molar-refractivity contribution is 7.98. The predicted molar refractivity (Wildman–Crippen MR) is 238 cm³/mol. The van der Waals surface area contributed by atoms with Crippen molar-refractivity contribution in [3.05, 3.63) is 200 Å². The number of rotatable bonds is 6. The second-order valence-electron chi connectivity index (χ2n) is 14.3. The fourth-order valence-electron chi connectivity index (χ4n) is 8.71. The van der Waals surface area contributed by atoms with Crippen LogP contribution >= 0.6 is 23.1 Å². The molecule has 0 atom stereocenters. The standard InChI is InChI=1S/C50H34N2S2Si/c1-3-16-39(17-4-1)55(40-18-5-2-6-19-40,41-20-11-14-34(29-41)36-26-28-49-44(31-36)43-22-8-10-24-48(43)54-49)42-21-12-15-35(30-42)37-25-27-47-45(32-37)51-50-52(47)46-23-9-7-13-38(46)33-53-50/h1-32H,33H2. The van der Waals surface area contributed by atoms with Gasteiger partial charge in [0.1, 0.15) is 0 Å². The summed E-state index contributed by atoms with van der Waals surface area (Å²) < 4.78 is 4.99. The molecule has 0 N–H and O–H groups in total. The van der Waals surface area contributed by atoms with Gasteiger partial charge in [-0.05, 0) is 85.0 Å². The number of aromatic nitrogens is 2. The minimum absolute atomic E-state index is 0.945. The van der Waals surface area contributed by atoms with Crippen LogP contribution in [-0.4, -0.2) is 17.6 Å². The summed E-state index contributed by atoms with van der Waals surface area (Å²) in [7, 11) is -2.84. The quantitative estimate of drug-likeness (QED) is 0.124. The van der Waals surface area contributed by atoms with E-state index < -0.39 is 8.07 Å². The van der Waals surface area contributed by atoms with Crippen LogP contribution in [0, 0.1) is 0 Å². The molecule has 0 radical (unpaired) electrons. The molecule has 8 aromatic carbocycles. The number of imidazole rings is 1. The third kappa shape index (κ3) is 5.26. The molecule has 0 unspecified atom stereocenters. The number of fused-ring (bicyclic) bond motifs is 8. The molecule has 0 spiro atoms. The Bertz CT molecular complexity index is 3020. The van der Waals surface area contributed by atoms with Crippen molar-refractivity contribution >= 4 is 83.1 Å². The molecule has 1 aliphatic rings. The fourth-order valence-corrected chi connectivity index (χ4v) is 15.6. The number of thioether (sulfide) groups is 1. The van der Waals surface area contributed by atoms with Crippen molar-refractivity contribution in [2.75, 3.05) is 0 Å². The van der Waals surface area contributed by atoms with Gasteiger partial charge in [-0.2, -0.15) is 0 Å². The molecule has 0 fully saturated rings. The SMILES string of the molecule is c1ccc([Si](c2ccccc2)(c2cccc(-c3ccc4c(c3)nc3n4-c4ccccc4CS3)c2)c2cccc(-c3ccc4sc5ccccc5c4c3)c2)cc1. The first kappa shape index (κ1) is 32.4. The van der Waals surface area contributed by atoms with E-state index in [0.717, 1.165) is 21.9 Å². The van der Waals surface area contributed by atoms with E-state index in [9.17, 15) is 0 Å². The summed E-state index contributed by atoms with van der Waals surface area (Å²) in [6, 6.07) is 72.5. The van der Waals surface area contributed by atoms with E-state index in [1.54, 1.807) is 0 Å². The Labute approximate surface area is 329 Å². The van der Waals surface area contributed by atoms with Gasteiger partial charge in [0.15, 0.2) is 13.2 Å². The predicted octanol–water partition coefficient (Wildman–Crippen LogP) is 10.7. The largest absolute Gasteiger partial charge is 0.287 e. The fraction of sp³-hybridized carbons (Fsp3) is 0.0200. The lowest BCUT2D eigenvalue weighted by molar-refractivity contribution is 0.894. The maximum atomic E-state index is 5.16. The van der Waals surface area contributed by atoms with Gasteiger partial charge in [0.05, 0.1) is 16.7 Å². The third-order valence-electron chi connectivity index (χ3n) is 11.3. The molecule has 0 saturated carbocycles. The van der Waals surface area contributed by atoms with Crippen molar-refractivity contribution in [2.45, 2.75) is 10.9 Å². The van der Waals surface area contributed by atoms with E-state index in [2.05, 4.69) is 199 Å². The minimum atomic E-state index is -2.84. The van der Waals surface area contributed by atoms with Crippen LogP contribution in [0.1, 0.15) is 5.56 Å². The lowest BCUT2D eigenvalue weighted by Crippen LogP contribution is -2.74. The van der Waals surface area contributed by atoms with Crippen molar-refractivity contribution in [1.82, 2.24) is 9.55 Å². The van der Waals surface area contributed by atoms with Gasteiger partial charge < -0.3 is 0 Å². The maximum Gasteiger partial charge on any atom is 0.179 e. The van der Waals surface area contributed by atoms with Crippen molar-refractivity contribution in [3.8, 4) is 27.9 Å². The number of hydrogen-bond acceptors (Lipinski definition) is 3. The van der Waals surface area contributed by atoms with E-state index in [0.29, 0.717) is 0 Å². The Morgan fingerprint density at radius 1 is 0.455 bits per heavy atom. The van der Waals surface area contributed by atoms with Crippen LogP contribution in [0.15, 0.2) is 199 Å². The molecule has 0 aliphatic carbocycles. The smallest absolute Gasteiger partial charge is 0.179 e. The zero-order valence-corrected chi connectivity index (χ0v) is 32.5. The zero-order valence-electron chi connectivity index (χ0n) is 29.9. The van der Waals surface area contributed by atoms with E-state index in [4.69, 9.17) is 4.98 Å². The molecular weight excluding hydrogens is 721 g/mol. The average Bonchev–Trinajstić information content (AvgIpc) is 3.83. The number of thiophene rings is 1. The number of hydrogen-bond donors (Lipinski definition) is 0. The number of nitrogens with zero attached hydrogens (tertiary/aromatic N) is 2. The van der Waals surface area contributed by atoms with Crippen LogP contribution in [0.3, 0.4) is 0 Å². The number of benzene rings is 8. The van der Waals surface area contributed by atoms with Crippen LogP contribution in [0.25, 0.3) is 59.1 Å². The second-order valence-corrected chi connectivity index (χ2v) is 20.1. The molecule has 1 aliphatic heterocycles. The summed E-state index contributed by atoms with van der Waals surface area (Å²) in [5, 5.41) is 9.15. The molecule has 0 saturated heterocycles. The summed E-state index contributed by atoms with van der Waals surface area (Å²) in [5.41, 5.74) is 9.63. The zero-order chi connectivity index (χ0) is 36.3. The second kappa shape index (κ2) is 13.1. The topological polar surface area (TPSA) is 17.8 Å². The highest BCUT2D eigenvalue weighted by Crippen LogP contribution is 2.39. The molecule has 260 valence electrons. The first-order chi connectivity index (χ1) is 27.2. The Morgan fingerprint density at radius 2 is 1.04 bits per heavy atom. The summed E-state index contributed by atoms with van der Waals surface area (Å²) in [6.07, 6.45) is 0. The van der Waals surface area contributed by atoms with Crippen LogP contribution in [-0.2, 0) is 5.75 Å². The summed E-state index contributed by atoms with van der Waals surface area (Å²) in [5.74, 6) is 0.945. The van der Waals surface area contributed by atoms with Crippen molar-refractivity contribution < 1.29 is 0 Å². The molecule has 2 aromatic heterocycles. The Kier molecular flexibility index (Phi) is 7.73. The van der Waals surface area contributed by atoms with Crippen LogP contribution < -0.4 is 20.7 Å². The lowest BCUT2D eigenvalue weighted by Gasteiger charge is -2.35. The Hall–Kier alpha value is -5.98. The monoisotopic (exact) mass is 754 g/mol. The third-order valence-corrected chi connectivity index (χ3v) is 18.2. The van der Waals surface area contributed by atoms with E-state index >= 15 is 0 Å². The highest BCUT2D eigenvalue weighted by Gasteiger charge is 2.41. The van der Waals surface area contributed by atoms with Crippen molar-refractivity contribution in [2.24, 2.45) is 0 Å². The lowest BCUT2D eigenvalue weighted by atomic mass is 10.0. The first-order valence-electron chi connectivity index (χ1n) is 18.7. The van der Waals surface area contributed by atoms with Gasteiger partial charge in [0.25, 0.3) is 0 Å². The van der Waals surface area contributed by atoms with Crippen LogP contribution in [0.5, 0.6) is 0 Å². The van der Waals surface area contributed by atoms with Gasteiger partial charge >= 0.3 is 0 Å². The van der Waals surface area contributed by atoms with E-state index in [1.807, 2.05) is 23.1 Å². The minimum Gasteiger partial charge on any atom is -0.287 e. The van der Waals surface area contributed by atoms with Gasteiger partial charge in [-0.15, -0.1) is 11.3 Å². The van der Waals surface area contributed by atoms with Crippen molar-refractivity contribution in [3.63, 3.8) is 0 Å². The van der Waals surface area contributed by atoms with Gasteiger partial charge in [-0.1, -0.05) is 169 Å². The van der Waals surface area contributed by atoms with Gasteiger partial charge in [0.2, 0.25) is 0 Å². The molecular formula is C50H34N2S2Si. The van der Waals surface area contributed by atoms with Crippen LogP contribution in [0.4, 0.5) is 0 Å². The molecule has 10 aromatic rings. The molecule has 55 heavy (non-hydrogen) atoms. The van der Waals surface area contributed by atoms with Gasteiger partial charge in [-0.3, -0.25) is 4.57 Å². The summed E-state index contributed by atoms with van der Waals surface area (Å²) in [6.45, 7) is 0. The molecule has 2 nitrogen and oxygen atoms in total. The summed E-state index contributed by atoms with van der Waals surface area (Å²) in [4.78, 5) is 5.16. The molecule has 11 rings (SSSR count).